The van der Waals surface area contributed by atoms with Gasteiger partial charge in [0.05, 0.1) is 25.6 Å². The van der Waals surface area contributed by atoms with Crippen molar-refractivity contribution in [1.29, 1.82) is 0 Å². The molecule has 19 heavy (non-hydrogen) atoms. The van der Waals surface area contributed by atoms with Gasteiger partial charge in [-0.1, -0.05) is 18.2 Å². The van der Waals surface area contributed by atoms with Gasteiger partial charge in [0.25, 0.3) is 0 Å². The van der Waals surface area contributed by atoms with Crippen molar-refractivity contribution >= 4 is 21.8 Å². The highest BCUT2D eigenvalue weighted by molar-refractivity contribution is 7.92. The predicted molar refractivity (Wildman–Crippen MR) is 73.8 cm³/mol. The second-order valence-electron chi connectivity index (χ2n) is 4.04. The minimum Gasteiger partial charge on any atom is -0.453 e. The quantitative estimate of drug-likeness (QED) is 0.880. The van der Waals surface area contributed by atoms with E-state index in [-0.39, 0.29) is 13.1 Å². The van der Waals surface area contributed by atoms with Crippen LogP contribution in [0.15, 0.2) is 24.3 Å². The third-order valence-electron chi connectivity index (χ3n) is 2.55. The molecule has 1 rings (SSSR count). The standard InChI is InChI=1S/C12H18N2O4S/c1-10-6-4-5-7-11(10)14(19(3,16)17)9-8-13-12(15)18-2/h4-7H,8-9H2,1-3H3,(H,13,15). The highest BCUT2D eigenvalue weighted by Crippen LogP contribution is 2.21. The number of hydrogen-bond acceptors (Lipinski definition) is 4. The molecule has 0 heterocycles. The van der Waals surface area contributed by atoms with Crippen molar-refractivity contribution in [2.45, 2.75) is 6.92 Å². The first-order chi connectivity index (χ1) is 8.86. The maximum atomic E-state index is 11.8. The van der Waals surface area contributed by atoms with Crippen LogP contribution in [-0.2, 0) is 14.8 Å². The maximum absolute atomic E-state index is 11.8. The van der Waals surface area contributed by atoms with Crippen LogP contribution in [0.2, 0.25) is 0 Å². The van der Waals surface area contributed by atoms with Crippen molar-refractivity contribution in [1.82, 2.24) is 5.32 Å². The number of hydrogen-bond donors (Lipinski definition) is 1. The van der Waals surface area contributed by atoms with Gasteiger partial charge in [0.2, 0.25) is 10.0 Å². The first kappa shape index (κ1) is 15.3. The fourth-order valence-corrected chi connectivity index (χ4v) is 2.62. The number of para-hydroxylation sites is 1. The van der Waals surface area contributed by atoms with Crippen LogP contribution in [0.4, 0.5) is 10.5 Å². The molecule has 106 valence electrons. The van der Waals surface area contributed by atoms with Gasteiger partial charge in [-0.05, 0) is 18.6 Å². The Morgan fingerprint density at radius 2 is 2.00 bits per heavy atom. The van der Waals surface area contributed by atoms with Crippen LogP contribution >= 0.6 is 0 Å². The number of benzene rings is 1. The van der Waals surface area contributed by atoms with Crippen LogP contribution in [0.1, 0.15) is 5.56 Å². The highest BCUT2D eigenvalue weighted by atomic mass is 32.2. The van der Waals surface area contributed by atoms with Gasteiger partial charge in [0, 0.05) is 6.54 Å². The first-order valence-corrected chi connectivity index (χ1v) is 7.56. The van der Waals surface area contributed by atoms with Crippen molar-refractivity contribution in [2.75, 3.05) is 30.8 Å². The Hall–Kier alpha value is -1.76. The van der Waals surface area contributed by atoms with Crippen molar-refractivity contribution in [2.24, 2.45) is 0 Å². The molecule has 1 aromatic carbocycles. The number of nitrogens with zero attached hydrogens (tertiary/aromatic N) is 1. The molecule has 6 nitrogen and oxygen atoms in total. The number of nitrogens with one attached hydrogen (secondary N) is 1. The van der Waals surface area contributed by atoms with Crippen LogP contribution in [0.3, 0.4) is 0 Å². The molecule has 1 aromatic rings. The molecule has 0 bridgehead atoms. The lowest BCUT2D eigenvalue weighted by molar-refractivity contribution is 0.171. The van der Waals surface area contributed by atoms with E-state index in [0.717, 1.165) is 11.8 Å². The molecular weight excluding hydrogens is 268 g/mol. The largest absolute Gasteiger partial charge is 0.453 e. The SMILES string of the molecule is COC(=O)NCCN(c1ccccc1C)S(C)(=O)=O. The van der Waals surface area contributed by atoms with Crippen molar-refractivity contribution in [3.05, 3.63) is 29.8 Å². The monoisotopic (exact) mass is 286 g/mol. The average Bonchev–Trinajstić information content (AvgIpc) is 2.34. The molecule has 0 radical (unpaired) electrons. The van der Waals surface area contributed by atoms with Crippen LogP contribution in [-0.4, -0.2) is 41.0 Å². The molecule has 0 unspecified atom stereocenters. The summed E-state index contributed by atoms with van der Waals surface area (Å²) in [6.07, 6.45) is 0.552. The van der Waals surface area contributed by atoms with Gasteiger partial charge in [0.1, 0.15) is 0 Å². The van der Waals surface area contributed by atoms with Gasteiger partial charge in [-0.3, -0.25) is 4.31 Å². The number of ether oxygens (including phenoxy) is 1. The van der Waals surface area contributed by atoms with Crippen LogP contribution in [0, 0.1) is 6.92 Å². The van der Waals surface area contributed by atoms with E-state index in [1.54, 1.807) is 12.1 Å². The molecule has 0 aliphatic heterocycles. The predicted octanol–water partition coefficient (Wildman–Crippen LogP) is 1.12. The summed E-state index contributed by atoms with van der Waals surface area (Å²) >= 11 is 0. The molecule has 1 amide bonds. The zero-order chi connectivity index (χ0) is 14.5. The Bertz CT molecular complexity index is 542. The second-order valence-corrected chi connectivity index (χ2v) is 5.95. The Morgan fingerprint density at radius 1 is 1.37 bits per heavy atom. The fourth-order valence-electron chi connectivity index (χ4n) is 1.64. The van der Waals surface area contributed by atoms with Gasteiger partial charge < -0.3 is 10.1 Å². The van der Waals surface area contributed by atoms with Crippen molar-refractivity contribution in [3.63, 3.8) is 0 Å². The fraction of sp³-hybridized carbons (Fsp3) is 0.417. The molecule has 0 aliphatic rings. The lowest BCUT2D eigenvalue weighted by atomic mass is 10.2. The minimum atomic E-state index is -3.40. The topological polar surface area (TPSA) is 75.7 Å². The lowest BCUT2D eigenvalue weighted by Crippen LogP contribution is -2.38. The number of amides is 1. The van der Waals surface area contributed by atoms with Gasteiger partial charge in [0.15, 0.2) is 0 Å². The molecule has 0 aromatic heterocycles. The number of aryl methyl sites for hydroxylation is 1. The number of sulfonamides is 1. The molecule has 7 heteroatoms. The maximum Gasteiger partial charge on any atom is 0.406 e. The van der Waals surface area contributed by atoms with E-state index in [0.29, 0.717) is 5.69 Å². The number of alkyl carbamates (subject to hydrolysis) is 1. The second kappa shape index (κ2) is 6.42. The van der Waals surface area contributed by atoms with Crippen LogP contribution < -0.4 is 9.62 Å². The zero-order valence-corrected chi connectivity index (χ0v) is 12.0. The summed E-state index contributed by atoms with van der Waals surface area (Å²) in [6.45, 7) is 2.16. The van der Waals surface area contributed by atoms with E-state index in [2.05, 4.69) is 10.1 Å². The summed E-state index contributed by atoms with van der Waals surface area (Å²) in [5, 5.41) is 2.46. The van der Waals surface area contributed by atoms with E-state index in [4.69, 9.17) is 0 Å². The summed E-state index contributed by atoms with van der Waals surface area (Å²) in [7, 11) is -2.15. The van der Waals surface area contributed by atoms with Gasteiger partial charge in [-0.25, -0.2) is 13.2 Å². The molecule has 0 atom stereocenters. The van der Waals surface area contributed by atoms with Gasteiger partial charge in [-0.2, -0.15) is 0 Å². The smallest absolute Gasteiger partial charge is 0.406 e. The number of carbonyl (C=O) groups excluding carboxylic acids is 1. The number of methoxy groups -OCH3 is 1. The van der Waals surface area contributed by atoms with E-state index in [1.165, 1.54) is 11.4 Å². The third kappa shape index (κ3) is 4.44. The summed E-state index contributed by atoms with van der Waals surface area (Å²) < 4.78 is 29.3. The molecular formula is C12H18N2O4S. The summed E-state index contributed by atoms with van der Waals surface area (Å²) in [5.41, 5.74) is 1.46. The van der Waals surface area contributed by atoms with E-state index >= 15 is 0 Å². The highest BCUT2D eigenvalue weighted by Gasteiger charge is 2.18. The van der Waals surface area contributed by atoms with Crippen molar-refractivity contribution < 1.29 is 17.9 Å². The number of anilines is 1. The summed E-state index contributed by atoms with van der Waals surface area (Å²) in [6, 6.07) is 7.18. The summed E-state index contributed by atoms with van der Waals surface area (Å²) in [4.78, 5) is 10.9. The molecule has 0 spiro atoms. The third-order valence-corrected chi connectivity index (χ3v) is 3.73. The number of carbonyl (C=O) groups is 1. The minimum absolute atomic E-state index is 0.152. The lowest BCUT2D eigenvalue weighted by Gasteiger charge is -2.24. The first-order valence-electron chi connectivity index (χ1n) is 5.71. The molecule has 0 fully saturated rings. The van der Waals surface area contributed by atoms with Crippen molar-refractivity contribution in [3.8, 4) is 0 Å². The molecule has 0 saturated heterocycles. The van der Waals surface area contributed by atoms with Gasteiger partial charge in [-0.15, -0.1) is 0 Å². The van der Waals surface area contributed by atoms with E-state index < -0.39 is 16.1 Å². The molecule has 1 N–H and O–H groups in total. The van der Waals surface area contributed by atoms with Gasteiger partial charge >= 0.3 is 6.09 Å². The van der Waals surface area contributed by atoms with Crippen LogP contribution in [0.5, 0.6) is 0 Å². The normalized spacial score (nSPS) is 10.9. The summed E-state index contributed by atoms with van der Waals surface area (Å²) in [5.74, 6) is 0. The van der Waals surface area contributed by atoms with E-state index in [1.807, 2.05) is 19.1 Å². The van der Waals surface area contributed by atoms with Crippen LogP contribution in [0.25, 0.3) is 0 Å². The Balaban J connectivity index is 2.86. The Morgan fingerprint density at radius 3 is 2.53 bits per heavy atom. The molecule has 0 saturated carbocycles. The Kier molecular flexibility index (Phi) is 5.17. The molecule has 0 aliphatic carbocycles. The number of rotatable bonds is 5. The Labute approximate surface area is 113 Å². The van der Waals surface area contributed by atoms with E-state index in [9.17, 15) is 13.2 Å². The average molecular weight is 286 g/mol. The zero-order valence-electron chi connectivity index (χ0n) is 11.2.